The average Bonchev–Trinajstić information content (AvgIpc) is 2.51. The second-order valence-corrected chi connectivity index (χ2v) is 5.25. The molecule has 0 aliphatic heterocycles. The Bertz CT molecular complexity index is 317. The zero-order valence-electron chi connectivity index (χ0n) is 8.94. The van der Waals surface area contributed by atoms with Gasteiger partial charge >= 0.3 is 0 Å². The van der Waals surface area contributed by atoms with Crippen molar-refractivity contribution in [3.05, 3.63) is 17.0 Å². The molecular formula is C11H18N2. The lowest BCUT2D eigenvalue weighted by molar-refractivity contribution is 0.249. The van der Waals surface area contributed by atoms with Gasteiger partial charge in [0.05, 0.1) is 5.69 Å². The van der Waals surface area contributed by atoms with Gasteiger partial charge in [0.1, 0.15) is 0 Å². The lowest BCUT2D eigenvalue weighted by atomic mass is 9.79. The van der Waals surface area contributed by atoms with Crippen LogP contribution in [-0.2, 0) is 12.8 Å². The van der Waals surface area contributed by atoms with Crippen LogP contribution in [0.3, 0.4) is 0 Å². The Balaban J connectivity index is 2.24. The van der Waals surface area contributed by atoms with E-state index >= 15 is 0 Å². The van der Waals surface area contributed by atoms with E-state index in [-0.39, 0.29) is 0 Å². The average molecular weight is 178 g/mol. The van der Waals surface area contributed by atoms with Gasteiger partial charge in [0.2, 0.25) is 0 Å². The molecule has 0 fully saturated rings. The number of nitrogens with zero attached hydrogens (tertiary/aromatic N) is 1. The summed E-state index contributed by atoms with van der Waals surface area (Å²) < 4.78 is 0. The number of fused-ring (bicyclic) bond motifs is 1. The van der Waals surface area contributed by atoms with Gasteiger partial charge in [-0.3, -0.25) is 5.10 Å². The minimum Gasteiger partial charge on any atom is -0.282 e. The molecule has 1 aliphatic carbocycles. The van der Waals surface area contributed by atoms with E-state index in [1.165, 1.54) is 23.4 Å². The van der Waals surface area contributed by atoms with Crippen molar-refractivity contribution in [2.75, 3.05) is 0 Å². The van der Waals surface area contributed by atoms with Crippen LogP contribution in [0.25, 0.3) is 0 Å². The summed E-state index contributed by atoms with van der Waals surface area (Å²) in [5.41, 5.74) is 4.46. The van der Waals surface area contributed by atoms with Crippen LogP contribution in [-0.4, -0.2) is 10.2 Å². The van der Waals surface area contributed by atoms with Crippen molar-refractivity contribution in [3.8, 4) is 0 Å². The van der Waals surface area contributed by atoms with E-state index in [9.17, 15) is 0 Å². The van der Waals surface area contributed by atoms with Crippen LogP contribution in [0.2, 0.25) is 0 Å². The molecule has 1 N–H and O–H groups in total. The lowest BCUT2D eigenvalue weighted by Gasteiger charge is -2.26. The number of aryl methyl sites for hydroxylation is 1. The molecule has 1 aromatic heterocycles. The van der Waals surface area contributed by atoms with Gasteiger partial charge in [-0.25, -0.2) is 0 Å². The van der Waals surface area contributed by atoms with Crippen LogP contribution in [0.5, 0.6) is 0 Å². The Labute approximate surface area is 79.7 Å². The topological polar surface area (TPSA) is 28.7 Å². The normalized spacial score (nSPS) is 22.0. The molecule has 72 valence electrons. The van der Waals surface area contributed by atoms with E-state index in [0.29, 0.717) is 5.41 Å². The smallest absolute Gasteiger partial charge is 0.0660 e. The summed E-state index contributed by atoms with van der Waals surface area (Å²) >= 11 is 0. The molecule has 0 aromatic carbocycles. The molecule has 1 aromatic rings. The molecule has 1 aliphatic rings. The number of aromatic amines is 1. The van der Waals surface area contributed by atoms with E-state index < -0.39 is 0 Å². The number of H-pyrrole nitrogens is 1. The third-order valence-corrected chi connectivity index (χ3v) is 3.27. The van der Waals surface area contributed by atoms with Gasteiger partial charge in [0.15, 0.2) is 0 Å². The zero-order valence-corrected chi connectivity index (χ0v) is 8.94. The minimum atomic E-state index is 0.417. The Morgan fingerprint density at radius 1 is 1.31 bits per heavy atom. The summed E-state index contributed by atoms with van der Waals surface area (Å²) in [6.07, 6.45) is 2.37. The molecule has 1 atom stereocenters. The minimum absolute atomic E-state index is 0.417. The maximum atomic E-state index is 4.34. The highest BCUT2D eigenvalue weighted by Gasteiger charge is 2.33. The molecule has 13 heavy (non-hydrogen) atoms. The predicted octanol–water partition coefficient (Wildman–Crippen LogP) is 2.48. The van der Waals surface area contributed by atoms with E-state index in [4.69, 9.17) is 0 Å². The molecule has 0 spiro atoms. The van der Waals surface area contributed by atoms with Crippen LogP contribution >= 0.6 is 0 Å². The highest BCUT2D eigenvalue weighted by Crippen LogP contribution is 2.38. The molecule has 2 rings (SSSR count). The fourth-order valence-corrected chi connectivity index (χ4v) is 2.11. The van der Waals surface area contributed by atoms with Gasteiger partial charge < -0.3 is 0 Å². The summed E-state index contributed by atoms with van der Waals surface area (Å²) in [5, 5.41) is 7.40. The second-order valence-electron chi connectivity index (χ2n) is 5.25. The molecule has 0 saturated heterocycles. The summed E-state index contributed by atoms with van der Waals surface area (Å²) in [7, 11) is 0. The molecule has 1 unspecified atom stereocenters. The lowest BCUT2D eigenvalue weighted by Crippen LogP contribution is -2.20. The number of hydrogen-bond donors (Lipinski definition) is 1. The number of rotatable bonds is 0. The van der Waals surface area contributed by atoms with Crippen molar-refractivity contribution in [1.82, 2.24) is 10.2 Å². The quantitative estimate of drug-likeness (QED) is 0.649. The number of nitrogens with one attached hydrogen (secondary N) is 1. The first-order valence-corrected chi connectivity index (χ1v) is 5.01. The maximum Gasteiger partial charge on any atom is 0.0660 e. The summed E-state index contributed by atoms with van der Waals surface area (Å²) in [6, 6.07) is 0. The fourth-order valence-electron chi connectivity index (χ4n) is 2.11. The second kappa shape index (κ2) is 2.60. The van der Waals surface area contributed by atoms with Crippen molar-refractivity contribution in [2.24, 2.45) is 11.3 Å². The van der Waals surface area contributed by atoms with Crippen LogP contribution < -0.4 is 0 Å². The van der Waals surface area contributed by atoms with Gasteiger partial charge in [-0.15, -0.1) is 0 Å². The number of hydrogen-bond acceptors (Lipinski definition) is 1. The zero-order chi connectivity index (χ0) is 9.64. The summed E-state index contributed by atoms with van der Waals surface area (Å²) in [5.74, 6) is 0.776. The summed E-state index contributed by atoms with van der Waals surface area (Å²) in [6.45, 7) is 9.09. The molecular weight excluding hydrogens is 160 g/mol. The van der Waals surface area contributed by atoms with Crippen molar-refractivity contribution in [2.45, 2.75) is 40.5 Å². The van der Waals surface area contributed by atoms with E-state index in [1.807, 2.05) is 0 Å². The van der Waals surface area contributed by atoms with Gasteiger partial charge in [-0.05, 0) is 36.7 Å². The van der Waals surface area contributed by atoms with Crippen LogP contribution in [0.4, 0.5) is 0 Å². The van der Waals surface area contributed by atoms with Crippen LogP contribution in [0.1, 0.15) is 37.7 Å². The first-order chi connectivity index (χ1) is 5.98. The SMILES string of the molecule is Cc1[nH]nc2c1CC(C(C)(C)C)C2. The van der Waals surface area contributed by atoms with E-state index in [2.05, 4.69) is 37.9 Å². The molecule has 0 bridgehead atoms. The van der Waals surface area contributed by atoms with Gasteiger partial charge in [-0.1, -0.05) is 20.8 Å². The largest absolute Gasteiger partial charge is 0.282 e. The monoisotopic (exact) mass is 178 g/mol. The maximum absolute atomic E-state index is 4.34. The van der Waals surface area contributed by atoms with Crippen molar-refractivity contribution >= 4 is 0 Å². The van der Waals surface area contributed by atoms with E-state index in [0.717, 1.165) is 12.3 Å². The van der Waals surface area contributed by atoms with Gasteiger partial charge in [0, 0.05) is 5.69 Å². The van der Waals surface area contributed by atoms with Crippen molar-refractivity contribution in [1.29, 1.82) is 0 Å². The first kappa shape index (κ1) is 8.79. The Morgan fingerprint density at radius 3 is 2.54 bits per heavy atom. The molecule has 0 amide bonds. The summed E-state index contributed by atoms with van der Waals surface area (Å²) in [4.78, 5) is 0. The highest BCUT2D eigenvalue weighted by molar-refractivity contribution is 5.30. The number of aromatic nitrogens is 2. The Morgan fingerprint density at radius 2 is 2.00 bits per heavy atom. The highest BCUT2D eigenvalue weighted by atomic mass is 15.1. The van der Waals surface area contributed by atoms with E-state index in [1.54, 1.807) is 0 Å². The molecule has 0 saturated carbocycles. The van der Waals surface area contributed by atoms with Gasteiger partial charge in [0.25, 0.3) is 0 Å². The molecule has 0 radical (unpaired) electrons. The van der Waals surface area contributed by atoms with Crippen LogP contribution in [0.15, 0.2) is 0 Å². The van der Waals surface area contributed by atoms with Crippen molar-refractivity contribution in [3.63, 3.8) is 0 Å². The predicted molar refractivity (Wildman–Crippen MR) is 53.7 cm³/mol. The first-order valence-electron chi connectivity index (χ1n) is 5.01. The standard InChI is InChI=1S/C11H18N2/c1-7-9-5-8(11(2,3)4)6-10(9)13-12-7/h8H,5-6H2,1-4H3,(H,12,13). The van der Waals surface area contributed by atoms with Gasteiger partial charge in [-0.2, -0.15) is 5.10 Å². The van der Waals surface area contributed by atoms with Crippen LogP contribution in [0, 0.1) is 18.3 Å². The molecule has 1 heterocycles. The Hall–Kier alpha value is -0.790. The molecule has 2 heteroatoms. The molecule has 2 nitrogen and oxygen atoms in total. The third kappa shape index (κ3) is 1.38. The third-order valence-electron chi connectivity index (χ3n) is 3.27. The Kier molecular flexibility index (Phi) is 1.76. The fraction of sp³-hybridized carbons (Fsp3) is 0.727. The van der Waals surface area contributed by atoms with Crippen molar-refractivity contribution < 1.29 is 0 Å².